The van der Waals surface area contributed by atoms with Crippen LogP contribution in [0, 0.1) is 5.92 Å². The van der Waals surface area contributed by atoms with Crippen molar-refractivity contribution in [3.63, 3.8) is 0 Å². The molecule has 14 heavy (non-hydrogen) atoms. The largest absolute Gasteiger partial charge is 0.494 e. The Balaban J connectivity index is 2.73. The Hall–Kier alpha value is -1.02. The minimum atomic E-state index is 0.511. The molecule has 1 aromatic carbocycles. The Morgan fingerprint density at radius 2 is 2.07 bits per heavy atom. The smallest absolute Gasteiger partial charge is 0.122 e. The second-order valence-corrected chi connectivity index (χ2v) is 3.59. The van der Waals surface area contributed by atoms with Crippen LogP contribution in [0.15, 0.2) is 24.3 Å². The second-order valence-electron chi connectivity index (χ2n) is 3.59. The van der Waals surface area contributed by atoms with Crippen molar-refractivity contribution in [1.29, 1.82) is 0 Å². The summed E-state index contributed by atoms with van der Waals surface area (Å²) in [6.45, 7) is 5.60. The average Bonchev–Trinajstić information content (AvgIpc) is 2.21. The van der Waals surface area contributed by atoms with Crippen LogP contribution in [0.25, 0.3) is 0 Å². The number of hydrogen-bond acceptors (Lipinski definition) is 2. The van der Waals surface area contributed by atoms with E-state index in [1.54, 1.807) is 0 Å². The highest BCUT2D eigenvalue weighted by Crippen LogP contribution is 2.20. The quantitative estimate of drug-likeness (QED) is 0.778. The van der Waals surface area contributed by atoms with Gasteiger partial charge in [-0.15, -0.1) is 0 Å². The molecule has 2 N–H and O–H groups in total. The first-order chi connectivity index (χ1) is 6.77. The number of ether oxygens (including phenoxy) is 1. The van der Waals surface area contributed by atoms with Crippen LogP contribution in [0.2, 0.25) is 0 Å². The van der Waals surface area contributed by atoms with Gasteiger partial charge in [-0.05, 0) is 37.4 Å². The Kier molecular flexibility index (Phi) is 4.47. The van der Waals surface area contributed by atoms with E-state index in [0.717, 1.165) is 18.7 Å². The molecule has 1 aromatic rings. The topological polar surface area (TPSA) is 35.2 Å². The number of nitrogens with two attached hydrogens (primary N) is 1. The third kappa shape index (κ3) is 3.04. The van der Waals surface area contributed by atoms with Gasteiger partial charge in [-0.2, -0.15) is 0 Å². The summed E-state index contributed by atoms with van der Waals surface area (Å²) in [5, 5.41) is 0. The summed E-state index contributed by atoms with van der Waals surface area (Å²) < 4.78 is 5.54. The van der Waals surface area contributed by atoms with Gasteiger partial charge in [0.2, 0.25) is 0 Å². The van der Waals surface area contributed by atoms with Crippen LogP contribution in [0.4, 0.5) is 0 Å². The second kappa shape index (κ2) is 5.66. The molecule has 1 rings (SSSR count). The van der Waals surface area contributed by atoms with E-state index in [-0.39, 0.29) is 0 Å². The van der Waals surface area contributed by atoms with E-state index in [9.17, 15) is 0 Å². The van der Waals surface area contributed by atoms with Crippen LogP contribution in [0.3, 0.4) is 0 Å². The van der Waals surface area contributed by atoms with Gasteiger partial charge in [-0.3, -0.25) is 0 Å². The maximum atomic E-state index is 5.60. The summed E-state index contributed by atoms with van der Waals surface area (Å²) in [4.78, 5) is 0. The first kappa shape index (κ1) is 11.1. The van der Waals surface area contributed by atoms with E-state index in [1.165, 1.54) is 5.56 Å². The van der Waals surface area contributed by atoms with Gasteiger partial charge in [0.25, 0.3) is 0 Å². The lowest BCUT2D eigenvalue weighted by molar-refractivity contribution is 0.334. The molecule has 0 saturated heterocycles. The molecule has 1 atom stereocenters. The van der Waals surface area contributed by atoms with Crippen LogP contribution in [-0.4, -0.2) is 13.2 Å². The van der Waals surface area contributed by atoms with E-state index >= 15 is 0 Å². The predicted octanol–water partition coefficient (Wildman–Crippen LogP) is 2.22. The van der Waals surface area contributed by atoms with E-state index in [4.69, 9.17) is 10.5 Å². The highest BCUT2D eigenvalue weighted by Gasteiger charge is 2.06. The van der Waals surface area contributed by atoms with Gasteiger partial charge in [0.15, 0.2) is 0 Å². The van der Waals surface area contributed by atoms with Gasteiger partial charge in [0.05, 0.1) is 6.61 Å². The molecule has 0 saturated carbocycles. The Morgan fingerprint density at radius 1 is 1.36 bits per heavy atom. The molecule has 0 amide bonds. The molecule has 0 bridgehead atoms. The van der Waals surface area contributed by atoms with Crippen molar-refractivity contribution in [2.24, 2.45) is 11.7 Å². The lowest BCUT2D eigenvalue weighted by Gasteiger charge is -2.12. The number of para-hydroxylation sites is 1. The Bertz CT molecular complexity index is 273. The standard InChI is InChI=1S/C12H19NO/c1-3-14-12-7-5-4-6-11(12)8-10(2)9-13/h4-7,10H,3,8-9,13H2,1-2H3/t10-/m1/s1. The van der Waals surface area contributed by atoms with Gasteiger partial charge < -0.3 is 10.5 Å². The molecule has 2 nitrogen and oxygen atoms in total. The normalized spacial score (nSPS) is 12.5. The fraction of sp³-hybridized carbons (Fsp3) is 0.500. The molecule has 0 aromatic heterocycles. The number of hydrogen-bond donors (Lipinski definition) is 1. The molecule has 0 aliphatic heterocycles. The highest BCUT2D eigenvalue weighted by molar-refractivity contribution is 5.33. The highest BCUT2D eigenvalue weighted by atomic mass is 16.5. The summed E-state index contributed by atoms with van der Waals surface area (Å²) in [6.07, 6.45) is 0.993. The molecule has 0 radical (unpaired) electrons. The maximum absolute atomic E-state index is 5.60. The van der Waals surface area contributed by atoms with Crippen LogP contribution < -0.4 is 10.5 Å². The third-order valence-corrected chi connectivity index (χ3v) is 2.24. The van der Waals surface area contributed by atoms with E-state index in [1.807, 2.05) is 25.1 Å². The molecule has 0 spiro atoms. The van der Waals surface area contributed by atoms with Gasteiger partial charge in [-0.1, -0.05) is 25.1 Å². The summed E-state index contributed by atoms with van der Waals surface area (Å²) in [7, 11) is 0. The van der Waals surface area contributed by atoms with Crippen molar-refractivity contribution >= 4 is 0 Å². The fourth-order valence-electron chi connectivity index (χ4n) is 1.43. The molecule has 78 valence electrons. The minimum absolute atomic E-state index is 0.511. The number of rotatable bonds is 5. The molecule has 0 heterocycles. The minimum Gasteiger partial charge on any atom is -0.494 e. The molecular weight excluding hydrogens is 174 g/mol. The number of benzene rings is 1. The summed E-state index contributed by atoms with van der Waals surface area (Å²) in [5.74, 6) is 1.51. The first-order valence-electron chi connectivity index (χ1n) is 5.18. The molecule has 0 aliphatic carbocycles. The van der Waals surface area contributed by atoms with Gasteiger partial charge >= 0.3 is 0 Å². The van der Waals surface area contributed by atoms with E-state index in [2.05, 4.69) is 13.0 Å². The average molecular weight is 193 g/mol. The van der Waals surface area contributed by atoms with Crippen LogP contribution in [0.5, 0.6) is 5.75 Å². The molecule has 2 heteroatoms. The van der Waals surface area contributed by atoms with Crippen molar-refractivity contribution in [3.8, 4) is 5.75 Å². The van der Waals surface area contributed by atoms with Crippen molar-refractivity contribution < 1.29 is 4.74 Å². The van der Waals surface area contributed by atoms with Crippen LogP contribution in [-0.2, 0) is 6.42 Å². The molecule has 0 aliphatic rings. The van der Waals surface area contributed by atoms with Crippen molar-refractivity contribution in [2.75, 3.05) is 13.2 Å². The summed E-state index contributed by atoms with van der Waals surface area (Å²) >= 11 is 0. The monoisotopic (exact) mass is 193 g/mol. The molecule has 0 unspecified atom stereocenters. The summed E-state index contributed by atoms with van der Waals surface area (Å²) in [6, 6.07) is 8.17. The predicted molar refractivity (Wildman–Crippen MR) is 59.5 cm³/mol. The first-order valence-corrected chi connectivity index (χ1v) is 5.18. The zero-order valence-electron chi connectivity index (χ0n) is 8.99. The zero-order chi connectivity index (χ0) is 10.4. The van der Waals surface area contributed by atoms with Crippen LogP contribution >= 0.6 is 0 Å². The SMILES string of the molecule is CCOc1ccccc1C[C@@H](C)CN. The maximum Gasteiger partial charge on any atom is 0.122 e. The lowest BCUT2D eigenvalue weighted by atomic mass is 10.0. The van der Waals surface area contributed by atoms with Crippen molar-refractivity contribution in [1.82, 2.24) is 0 Å². The van der Waals surface area contributed by atoms with E-state index < -0.39 is 0 Å². The van der Waals surface area contributed by atoms with Gasteiger partial charge in [-0.25, -0.2) is 0 Å². The Labute approximate surface area is 86.1 Å². The van der Waals surface area contributed by atoms with Crippen LogP contribution in [0.1, 0.15) is 19.4 Å². The lowest BCUT2D eigenvalue weighted by Crippen LogP contribution is -2.13. The Morgan fingerprint density at radius 3 is 2.71 bits per heavy atom. The summed E-state index contributed by atoms with van der Waals surface area (Å²) in [5.41, 5.74) is 6.86. The van der Waals surface area contributed by atoms with Crippen molar-refractivity contribution in [2.45, 2.75) is 20.3 Å². The fourth-order valence-corrected chi connectivity index (χ4v) is 1.43. The third-order valence-electron chi connectivity index (χ3n) is 2.24. The molecular formula is C12H19NO. The van der Waals surface area contributed by atoms with Gasteiger partial charge in [0.1, 0.15) is 5.75 Å². The molecule has 0 fully saturated rings. The van der Waals surface area contributed by atoms with Gasteiger partial charge in [0, 0.05) is 0 Å². The van der Waals surface area contributed by atoms with Crippen molar-refractivity contribution in [3.05, 3.63) is 29.8 Å². The zero-order valence-corrected chi connectivity index (χ0v) is 8.99. The van der Waals surface area contributed by atoms with E-state index in [0.29, 0.717) is 12.5 Å².